The molecule has 1 aromatic rings. The number of carbonyl (C=O) groups is 1. The Labute approximate surface area is 128 Å². The zero-order valence-corrected chi connectivity index (χ0v) is 15.1. The molecule has 2 rings (SSSR count). The van der Waals surface area contributed by atoms with Crippen LogP contribution < -0.4 is 5.19 Å². The number of rotatable bonds is 3. The molecule has 1 saturated carbocycles. The van der Waals surface area contributed by atoms with Gasteiger partial charge in [-0.3, -0.25) is 4.79 Å². The van der Waals surface area contributed by atoms with E-state index in [0.717, 1.165) is 19.3 Å². The maximum absolute atomic E-state index is 12.2. The van der Waals surface area contributed by atoms with E-state index in [1.54, 1.807) is 0 Å². The monoisotopic (exact) mass is 306 g/mol. The minimum absolute atomic E-state index is 0.102. The van der Waals surface area contributed by atoms with Gasteiger partial charge in [-0.1, -0.05) is 51.7 Å². The van der Waals surface area contributed by atoms with Crippen molar-refractivity contribution in [2.45, 2.75) is 62.9 Å². The third kappa shape index (κ3) is 3.56. The summed E-state index contributed by atoms with van der Waals surface area (Å²) in [4.78, 5) is 13.6. The van der Waals surface area contributed by atoms with Crippen LogP contribution in [0.2, 0.25) is 19.6 Å². The van der Waals surface area contributed by atoms with Crippen LogP contribution in [0.1, 0.15) is 33.1 Å². The predicted molar refractivity (Wildman–Crippen MR) is 91.7 cm³/mol. The van der Waals surface area contributed by atoms with Crippen molar-refractivity contribution < 1.29 is 4.79 Å². The number of ketones is 1. The molecule has 3 heteroatoms. The summed E-state index contributed by atoms with van der Waals surface area (Å²) in [5.41, 5.74) is -0.102. The number of Topliss-reactive ketones (excluding diaryl/α,β-unsaturated/α-hetero) is 1. The smallest absolute Gasteiger partial charge is 0.139 e. The summed E-state index contributed by atoms with van der Waals surface area (Å²) >= 11 is 1.94. The summed E-state index contributed by atoms with van der Waals surface area (Å²) in [7, 11) is -1.31. The average Bonchev–Trinajstić information content (AvgIpc) is 2.34. The van der Waals surface area contributed by atoms with Gasteiger partial charge in [0, 0.05) is 22.0 Å². The maximum Gasteiger partial charge on any atom is 0.139 e. The number of thioether (sulfide) groups is 1. The van der Waals surface area contributed by atoms with Gasteiger partial charge in [-0.05, 0) is 24.1 Å². The van der Waals surface area contributed by atoms with Gasteiger partial charge >= 0.3 is 0 Å². The van der Waals surface area contributed by atoms with Gasteiger partial charge < -0.3 is 0 Å². The van der Waals surface area contributed by atoms with Gasteiger partial charge in [0.25, 0.3) is 0 Å². The highest BCUT2D eigenvalue weighted by Crippen LogP contribution is 2.39. The summed E-state index contributed by atoms with van der Waals surface area (Å²) in [6, 6.07) is 8.79. The van der Waals surface area contributed by atoms with E-state index in [1.165, 1.54) is 10.1 Å². The molecular formula is C17H26OSSi. The third-order valence-electron chi connectivity index (χ3n) is 4.25. The minimum Gasteiger partial charge on any atom is -0.299 e. The molecular weight excluding hydrogens is 280 g/mol. The van der Waals surface area contributed by atoms with Crippen molar-refractivity contribution in [2.24, 2.45) is 5.41 Å². The third-order valence-corrected chi connectivity index (χ3v) is 7.83. The first-order valence-corrected chi connectivity index (χ1v) is 11.9. The molecule has 1 aliphatic carbocycles. The molecule has 0 radical (unpaired) electrons. The maximum atomic E-state index is 12.2. The van der Waals surface area contributed by atoms with Crippen LogP contribution in [-0.4, -0.2) is 19.1 Å². The zero-order chi connectivity index (χ0) is 15.0. The van der Waals surface area contributed by atoms with Gasteiger partial charge in [-0.15, -0.1) is 11.8 Å². The van der Waals surface area contributed by atoms with Crippen molar-refractivity contribution in [3.63, 3.8) is 0 Å². The van der Waals surface area contributed by atoms with E-state index in [9.17, 15) is 4.79 Å². The van der Waals surface area contributed by atoms with Crippen LogP contribution in [0, 0.1) is 5.41 Å². The molecule has 1 atom stereocenters. The molecule has 0 spiro atoms. The fourth-order valence-corrected chi connectivity index (χ4v) is 6.41. The number of carbonyl (C=O) groups excluding carboxylic acids is 1. The molecule has 0 bridgehead atoms. The number of hydrogen-bond donors (Lipinski definition) is 0. The van der Waals surface area contributed by atoms with E-state index < -0.39 is 8.07 Å². The van der Waals surface area contributed by atoms with Gasteiger partial charge in [0.2, 0.25) is 0 Å². The van der Waals surface area contributed by atoms with E-state index in [0.29, 0.717) is 11.0 Å². The Morgan fingerprint density at radius 2 is 1.85 bits per heavy atom. The van der Waals surface area contributed by atoms with Gasteiger partial charge in [-0.2, -0.15) is 0 Å². The first-order valence-electron chi connectivity index (χ1n) is 7.49. The molecule has 0 saturated heterocycles. The van der Waals surface area contributed by atoms with Crippen LogP contribution in [0.15, 0.2) is 29.2 Å². The second kappa shape index (κ2) is 5.68. The molecule has 0 unspecified atom stereocenters. The van der Waals surface area contributed by atoms with Gasteiger partial charge in [0.15, 0.2) is 0 Å². The average molecular weight is 307 g/mol. The minimum atomic E-state index is -1.31. The Morgan fingerprint density at radius 1 is 1.20 bits per heavy atom. The highest BCUT2D eigenvalue weighted by Gasteiger charge is 2.35. The summed E-state index contributed by atoms with van der Waals surface area (Å²) in [6.07, 6.45) is 2.92. The van der Waals surface area contributed by atoms with Crippen LogP contribution >= 0.6 is 11.8 Å². The lowest BCUT2D eigenvalue weighted by atomic mass is 9.76. The molecule has 0 aliphatic heterocycles. The van der Waals surface area contributed by atoms with E-state index in [4.69, 9.17) is 0 Å². The molecule has 0 amide bonds. The van der Waals surface area contributed by atoms with Gasteiger partial charge in [0.1, 0.15) is 5.78 Å². The van der Waals surface area contributed by atoms with Gasteiger partial charge in [-0.25, -0.2) is 0 Å². The lowest BCUT2D eigenvalue weighted by Gasteiger charge is -2.33. The van der Waals surface area contributed by atoms with E-state index in [2.05, 4.69) is 57.8 Å². The SMILES string of the molecule is CC1(C)CC[C@@H](Sc2ccccc2[Si](C)(C)C)CC1=O. The molecule has 1 nitrogen and oxygen atoms in total. The summed E-state index contributed by atoms with van der Waals surface area (Å²) in [5, 5.41) is 2.00. The van der Waals surface area contributed by atoms with Crippen LogP contribution in [0.4, 0.5) is 0 Å². The molecule has 1 fully saturated rings. The highest BCUT2D eigenvalue weighted by atomic mass is 32.2. The quantitative estimate of drug-likeness (QED) is 0.766. The van der Waals surface area contributed by atoms with Crippen LogP contribution in [0.3, 0.4) is 0 Å². The molecule has 1 aliphatic rings. The van der Waals surface area contributed by atoms with E-state index >= 15 is 0 Å². The molecule has 0 N–H and O–H groups in total. The Kier molecular flexibility index (Phi) is 4.50. The van der Waals surface area contributed by atoms with Crippen molar-refractivity contribution in [1.29, 1.82) is 0 Å². The lowest BCUT2D eigenvalue weighted by Crippen LogP contribution is -2.39. The summed E-state index contributed by atoms with van der Waals surface area (Å²) in [5.74, 6) is 0.437. The fourth-order valence-electron chi connectivity index (χ4n) is 2.72. The van der Waals surface area contributed by atoms with E-state index in [-0.39, 0.29) is 5.41 Å². The first-order chi connectivity index (χ1) is 9.20. The van der Waals surface area contributed by atoms with Crippen molar-refractivity contribution >= 4 is 30.8 Å². The Hall–Kier alpha value is -0.543. The number of benzene rings is 1. The van der Waals surface area contributed by atoms with Crippen LogP contribution in [-0.2, 0) is 4.79 Å². The lowest BCUT2D eigenvalue weighted by molar-refractivity contribution is -0.129. The Morgan fingerprint density at radius 3 is 2.45 bits per heavy atom. The standard InChI is InChI=1S/C17H26OSSi/c1-17(2)11-10-13(12-16(17)18)19-14-8-6-7-9-15(14)20(3,4)5/h6-9,13H,10-12H2,1-5H3/t13-/m1/s1. The largest absolute Gasteiger partial charge is 0.299 e. The first kappa shape index (κ1) is 15.8. The molecule has 20 heavy (non-hydrogen) atoms. The molecule has 0 aromatic heterocycles. The molecule has 1 aromatic carbocycles. The Balaban J connectivity index is 2.14. The van der Waals surface area contributed by atoms with Crippen molar-refractivity contribution in [2.75, 3.05) is 0 Å². The van der Waals surface area contributed by atoms with Gasteiger partial charge in [0.05, 0.1) is 8.07 Å². The summed E-state index contributed by atoms with van der Waals surface area (Å²) < 4.78 is 0. The van der Waals surface area contributed by atoms with E-state index in [1.807, 2.05) is 11.8 Å². The van der Waals surface area contributed by atoms with Crippen LogP contribution in [0.5, 0.6) is 0 Å². The van der Waals surface area contributed by atoms with Crippen molar-refractivity contribution in [3.8, 4) is 0 Å². The second-order valence-corrected chi connectivity index (χ2v) is 13.9. The molecule has 110 valence electrons. The number of hydrogen-bond acceptors (Lipinski definition) is 2. The van der Waals surface area contributed by atoms with Crippen LogP contribution in [0.25, 0.3) is 0 Å². The topological polar surface area (TPSA) is 17.1 Å². The highest BCUT2D eigenvalue weighted by molar-refractivity contribution is 8.00. The second-order valence-electron chi connectivity index (χ2n) is 7.54. The normalized spacial score (nSPS) is 22.9. The molecule has 0 heterocycles. The zero-order valence-electron chi connectivity index (χ0n) is 13.3. The fraction of sp³-hybridized carbons (Fsp3) is 0.588. The predicted octanol–water partition coefficient (Wildman–Crippen LogP) is 4.47. The summed E-state index contributed by atoms with van der Waals surface area (Å²) in [6.45, 7) is 11.4. The Bertz CT molecular complexity index is 502. The van der Waals surface area contributed by atoms with Crippen molar-refractivity contribution in [1.82, 2.24) is 0 Å². The van der Waals surface area contributed by atoms with Crippen molar-refractivity contribution in [3.05, 3.63) is 24.3 Å².